The number of hydrogen-bond acceptors (Lipinski definition) is 7. The maximum absolute atomic E-state index is 14.6. The topological polar surface area (TPSA) is 160 Å². The van der Waals surface area contributed by atoms with Crippen LogP contribution in [0.4, 0.5) is 4.79 Å². The summed E-state index contributed by atoms with van der Waals surface area (Å²) in [4.78, 5) is 64.7. The van der Waals surface area contributed by atoms with Gasteiger partial charge in [0.2, 0.25) is 11.8 Å². The van der Waals surface area contributed by atoms with Crippen molar-refractivity contribution < 1.29 is 38.6 Å². The van der Waals surface area contributed by atoms with Crippen molar-refractivity contribution in [2.75, 3.05) is 13.1 Å². The Balaban J connectivity index is 1.14. The van der Waals surface area contributed by atoms with E-state index in [-0.39, 0.29) is 57.3 Å². The molecule has 0 aliphatic heterocycles. The van der Waals surface area contributed by atoms with Gasteiger partial charge in [0.05, 0.1) is 17.3 Å². The molecule has 3 amide bonds. The van der Waals surface area contributed by atoms with Crippen LogP contribution in [0.15, 0.2) is 12.2 Å². The van der Waals surface area contributed by atoms with Gasteiger partial charge < -0.3 is 30.5 Å². The van der Waals surface area contributed by atoms with Gasteiger partial charge in [-0.25, -0.2) is 4.79 Å². The number of carbonyl (C=O) groups is 5. The molecule has 5 aliphatic carbocycles. The summed E-state index contributed by atoms with van der Waals surface area (Å²) in [5, 5.41) is 18.9. The van der Waals surface area contributed by atoms with Crippen molar-refractivity contribution in [2.24, 2.45) is 68.0 Å². The maximum atomic E-state index is 14.6. The number of hydrogen-bond donors (Lipinski definition) is 4. The quantitative estimate of drug-likeness (QED) is 0.0601. The first-order valence-corrected chi connectivity index (χ1v) is 25.7. The van der Waals surface area contributed by atoms with Crippen LogP contribution in [-0.2, 0) is 28.7 Å². The van der Waals surface area contributed by atoms with E-state index in [1.54, 1.807) is 34.6 Å². The molecule has 65 heavy (non-hydrogen) atoms. The Kier molecular flexibility index (Phi) is 16.1. The molecule has 11 nitrogen and oxygen atoms in total. The molecule has 0 spiro atoms. The third kappa shape index (κ3) is 10.6. The third-order valence-corrected chi connectivity index (χ3v) is 18.7. The van der Waals surface area contributed by atoms with Crippen LogP contribution in [0.5, 0.6) is 0 Å². The number of carbonyl (C=O) groups excluding carboxylic acids is 4. The van der Waals surface area contributed by atoms with E-state index >= 15 is 0 Å². The summed E-state index contributed by atoms with van der Waals surface area (Å²) in [7, 11) is 0. The highest BCUT2D eigenvalue weighted by Gasteiger charge is 2.72. The molecule has 0 heterocycles. The lowest BCUT2D eigenvalue weighted by atomic mass is 9.32. The number of ether oxygens (including phenoxy) is 2. The number of rotatable bonds is 18. The number of carboxylic acids is 1. The molecule has 4 N–H and O–H groups in total. The lowest BCUT2D eigenvalue weighted by Crippen LogP contribution is -2.67. The largest absolute Gasteiger partial charge is 0.481 e. The Morgan fingerprint density at radius 2 is 1.35 bits per heavy atom. The number of unbranched alkanes of at least 4 members (excludes halogenated alkanes) is 5. The Morgan fingerprint density at radius 3 is 1.94 bits per heavy atom. The van der Waals surface area contributed by atoms with E-state index in [1.165, 1.54) is 5.57 Å². The fourth-order valence-electron chi connectivity index (χ4n) is 15.0. The van der Waals surface area contributed by atoms with Crippen LogP contribution in [-0.4, -0.2) is 65.8 Å². The normalized spacial score (nSPS) is 34.4. The number of nitrogens with one attached hydrogen (secondary N) is 3. The van der Waals surface area contributed by atoms with Gasteiger partial charge in [0.1, 0.15) is 17.7 Å². The van der Waals surface area contributed by atoms with Crippen molar-refractivity contribution in [3.05, 3.63) is 12.2 Å². The first-order valence-electron chi connectivity index (χ1n) is 25.7. The second kappa shape index (κ2) is 19.9. The summed E-state index contributed by atoms with van der Waals surface area (Å²) in [5.74, 6) is 0.658. The highest BCUT2D eigenvalue weighted by Crippen LogP contribution is 2.77. The molecule has 0 aromatic rings. The van der Waals surface area contributed by atoms with Crippen LogP contribution in [0.2, 0.25) is 0 Å². The van der Waals surface area contributed by atoms with Gasteiger partial charge in [0.15, 0.2) is 0 Å². The maximum Gasteiger partial charge on any atom is 0.408 e. The van der Waals surface area contributed by atoms with E-state index in [9.17, 15) is 29.1 Å². The molecule has 5 fully saturated rings. The highest BCUT2D eigenvalue weighted by molar-refractivity contribution is 5.86. The fourth-order valence-corrected chi connectivity index (χ4v) is 15.0. The molecule has 370 valence electrons. The van der Waals surface area contributed by atoms with Crippen LogP contribution in [0, 0.1) is 68.0 Å². The minimum absolute atomic E-state index is 0.0675. The Morgan fingerprint density at radius 1 is 0.738 bits per heavy atom. The predicted octanol–water partition coefficient (Wildman–Crippen LogP) is 11.2. The third-order valence-electron chi connectivity index (χ3n) is 18.7. The summed E-state index contributed by atoms with van der Waals surface area (Å²) in [5.41, 5.74) is -0.823. The van der Waals surface area contributed by atoms with Crippen molar-refractivity contribution in [3.63, 3.8) is 0 Å². The smallest absolute Gasteiger partial charge is 0.408 e. The molecule has 11 heteroatoms. The Hall–Kier alpha value is -3.11. The zero-order valence-electron chi connectivity index (χ0n) is 43.1. The number of carboxylic acid groups (broad SMARTS) is 1. The Labute approximate surface area is 393 Å². The van der Waals surface area contributed by atoms with Crippen LogP contribution in [0.1, 0.15) is 199 Å². The van der Waals surface area contributed by atoms with Crippen molar-refractivity contribution >= 4 is 29.8 Å². The number of esters is 1. The summed E-state index contributed by atoms with van der Waals surface area (Å²) in [6.07, 6.45) is 15.4. The molecule has 0 bridgehead atoms. The van der Waals surface area contributed by atoms with Gasteiger partial charge in [-0.15, -0.1) is 0 Å². The molecular formula is C54H91N3O8. The summed E-state index contributed by atoms with van der Waals surface area (Å²) in [6, 6.07) is -0.647. The minimum atomic E-state index is -1.16. The van der Waals surface area contributed by atoms with Gasteiger partial charge in [0.25, 0.3) is 0 Å². The summed E-state index contributed by atoms with van der Waals surface area (Å²) in [6.45, 7) is 32.7. The zero-order valence-corrected chi connectivity index (χ0v) is 43.1. The van der Waals surface area contributed by atoms with E-state index in [1.807, 2.05) is 13.8 Å². The van der Waals surface area contributed by atoms with Gasteiger partial charge in [-0.05, 0) is 170 Å². The molecule has 0 saturated heterocycles. The van der Waals surface area contributed by atoms with Crippen molar-refractivity contribution in [1.82, 2.24) is 16.0 Å². The summed E-state index contributed by atoms with van der Waals surface area (Å²) < 4.78 is 11.5. The van der Waals surface area contributed by atoms with E-state index in [0.717, 1.165) is 103 Å². The number of aliphatic carboxylic acids is 1. The molecular weight excluding hydrogens is 819 g/mol. The second-order valence-electron chi connectivity index (χ2n) is 25.1. The SMILES string of the molecule is C=C(C)[C@@H]1CC[C@]2(C(=O)NCCCCCCCCNC(=O)[C@@H](NC(=O)OC(C)(C)C)C(C)C)CC[C@]3(C)[C@H](CC[C@@H]4[C@@]5(C)CC[C@H](OC(=O)CC(C)(C)C(=O)O)C(C)(C)[C@@H]5CC[C@]43C)[C@@H]12. The number of fused-ring (bicyclic) bond motifs is 7. The summed E-state index contributed by atoms with van der Waals surface area (Å²) >= 11 is 0. The first-order chi connectivity index (χ1) is 30.1. The molecule has 5 rings (SSSR count). The van der Waals surface area contributed by atoms with Crippen molar-refractivity contribution in [1.29, 1.82) is 0 Å². The molecule has 5 aliphatic rings. The monoisotopic (exact) mass is 910 g/mol. The van der Waals surface area contributed by atoms with Gasteiger partial charge in [-0.2, -0.15) is 0 Å². The standard InChI is InChI=1S/C54H91N3O8/c1-34(2)36-23-28-54(45(60)56-32-20-18-16-15-17-19-31-55-44(59)43(35(3)4)57-47(63)65-48(5,6)7)30-29-52(13)37(42(36)54)21-22-39-51(12)26-25-40(64-41(58)33-49(8,9)46(61)62)50(10,11)38(51)24-27-53(39,52)14/h35-40,42-43H,1,15-33H2,2-14H3,(H,55,59)(H,56,60)(H,57,63)(H,61,62)/t36-,37+,38-,39+,40-,42+,43-,51-,52+,53+,54-/m0/s1. The second-order valence-corrected chi connectivity index (χ2v) is 25.1. The molecule has 11 atom stereocenters. The van der Waals surface area contributed by atoms with E-state index in [4.69, 9.17) is 9.47 Å². The number of amides is 3. The predicted molar refractivity (Wildman–Crippen MR) is 257 cm³/mol. The van der Waals surface area contributed by atoms with Crippen LogP contribution < -0.4 is 16.0 Å². The minimum Gasteiger partial charge on any atom is -0.481 e. The average Bonchev–Trinajstić information content (AvgIpc) is 3.59. The molecule has 0 aromatic carbocycles. The zero-order chi connectivity index (χ0) is 48.6. The Bertz CT molecular complexity index is 1770. The van der Waals surface area contributed by atoms with Crippen LogP contribution in [0.25, 0.3) is 0 Å². The van der Waals surface area contributed by atoms with Gasteiger partial charge >= 0.3 is 18.0 Å². The van der Waals surface area contributed by atoms with E-state index < -0.39 is 35.1 Å². The highest BCUT2D eigenvalue weighted by atomic mass is 16.6. The van der Waals surface area contributed by atoms with Gasteiger partial charge in [-0.3, -0.25) is 19.2 Å². The van der Waals surface area contributed by atoms with Crippen LogP contribution in [0.3, 0.4) is 0 Å². The van der Waals surface area contributed by atoms with Gasteiger partial charge in [-0.1, -0.05) is 86.3 Å². The van der Waals surface area contributed by atoms with E-state index in [2.05, 4.69) is 64.1 Å². The molecule has 0 radical (unpaired) electrons. The van der Waals surface area contributed by atoms with Crippen LogP contribution >= 0.6 is 0 Å². The molecule has 0 aromatic heterocycles. The first kappa shape index (κ1) is 52.9. The van der Waals surface area contributed by atoms with Gasteiger partial charge in [0, 0.05) is 18.5 Å². The molecule has 0 unspecified atom stereocenters. The number of alkyl carbamates (subject to hydrolysis) is 1. The van der Waals surface area contributed by atoms with Crippen molar-refractivity contribution in [3.8, 4) is 0 Å². The lowest BCUT2D eigenvalue weighted by molar-refractivity contribution is -0.249. The lowest BCUT2D eigenvalue weighted by Gasteiger charge is -2.72. The average molecular weight is 910 g/mol. The molecule has 5 saturated carbocycles. The van der Waals surface area contributed by atoms with Crippen molar-refractivity contribution in [2.45, 2.75) is 217 Å². The van der Waals surface area contributed by atoms with E-state index in [0.29, 0.717) is 42.7 Å². The number of allylic oxidation sites excluding steroid dienone is 1. The fraction of sp³-hybridized carbons (Fsp3) is 0.870.